The molecule has 1 aromatic rings. The monoisotopic (exact) mass is 189 g/mol. The predicted octanol–water partition coefficient (Wildman–Crippen LogP) is 4.36. The van der Waals surface area contributed by atoms with E-state index in [1.807, 2.05) is 0 Å². The van der Waals surface area contributed by atoms with Gasteiger partial charge in [-0.15, -0.1) is 0 Å². The van der Waals surface area contributed by atoms with Gasteiger partial charge in [0.15, 0.2) is 0 Å². The van der Waals surface area contributed by atoms with Gasteiger partial charge in [-0.05, 0) is 23.8 Å². The molecule has 0 amide bonds. The Hall–Kier alpha value is -0.780. The van der Waals surface area contributed by atoms with Crippen molar-refractivity contribution < 1.29 is 0 Å². The van der Waals surface area contributed by atoms with Gasteiger partial charge in [0.1, 0.15) is 0 Å². The van der Waals surface area contributed by atoms with E-state index in [1.54, 1.807) is 0 Å². The molecular formula is C14H21. The average Bonchev–Trinajstić information content (AvgIpc) is 2.19. The highest BCUT2D eigenvalue weighted by Gasteiger charge is 2.18. The highest BCUT2D eigenvalue weighted by Crippen LogP contribution is 2.28. The molecule has 0 aliphatic heterocycles. The molecule has 0 aliphatic carbocycles. The molecule has 0 heteroatoms. The zero-order valence-electron chi connectivity index (χ0n) is 9.59. The number of benzene rings is 1. The van der Waals surface area contributed by atoms with Gasteiger partial charge in [-0.25, -0.2) is 0 Å². The lowest BCUT2D eigenvalue weighted by molar-refractivity contribution is 0.460. The van der Waals surface area contributed by atoms with E-state index in [0.29, 0.717) is 5.41 Å². The topological polar surface area (TPSA) is 0 Å². The number of rotatable bonds is 5. The van der Waals surface area contributed by atoms with Crippen molar-refractivity contribution in [1.82, 2.24) is 0 Å². The second kappa shape index (κ2) is 5.19. The molecule has 0 bridgehead atoms. The molecule has 0 aliphatic rings. The Labute approximate surface area is 88.4 Å². The van der Waals surface area contributed by atoms with Crippen LogP contribution in [-0.4, -0.2) is 0 Å². The van der Waals surface area contributed by atoms with Gasteiger partial charge in [-0.3, -0.25) is 0 Å². The molecule has 0 saturated carbocycles. The van der Waals surface area contributed by atoms with Crippen LogP contribution in [0, 0.1) is 6.42 Å². The Bertz CT molecular complexity index is 246. The van der Waals surface area contributed by atoms with Crippen molar-refractivity contribution >= 4 is 0 Å². The predicted molar refractivity (Wildman–Crippen MR) is 63.3 cm³/mol. The van der Waals surface area contributed by atoms with Crippen LogP contribution in [0.4, 0.5) is 0 Å². The number of unbranched alkanes of at least 4 members (excludes halogenated alkanes) is 2. The molecule has 0 atom stereocenters. The van der Waals surface area contributed by atoms with Gasteiger partial charge in [-0.2, -0.15) is 0 Å². The maximum absolute atomic E-state index is 2.33. The fraction of sp³-hybridized carbons (Fsp3) is 0.500. The summed E-state index contributed by atoms with van der Waals surface area (Å²) in [4.78, 5) is 0. The van der Waals surface area contributed by atoms with Crippen molar-refractivity contribution in [3.8, 4) is 0 Å². The zero-order valence-corrected chi connectivity index (χ0v) is 9.59. The first-order valence-corrected chi connectivity index (χ1v) is 5.50. The summed E-state index contributed by atoms with van der Waals surface area (Å²) >= 11 is 0. The van der Waals surface area contributed by atoms with E-state index in [2.05, 4.69) is 57.5 Å². The molecule has 77 valence electrons. The van der Waals surface area contributed by atoms with E-state index in [9.17, 15) is 0 Å². The average molecular weight is 189 g/mol. The smallest absolute Gasteiger partial charge is 0.0104 e. The normalized spacial score (nSPS) is 11.6. The SMILES string of the molecule is C[CH]CCCC(C)(C)c1ccccc1. The standard InChI is InChI=1S/C14H21/c1-4-5-9-12-14(2,3)13-10-7-6-8-11-13/h4,6-8,10-11H,5,9,12H2,1-3H3. The lowest BCUT2D eigenvalue weighted by Gasteiger charge is -2.25. The summed E-state index contributed by atoms with van der Waals surface area (Å²) in [7, 11) is 0. The first-order valence-electron chi connectivity index (χ1n) is 5.50. The van der Waals surface area contributed by atoms with Crippen LogP contribution in [0.5, 0.6) is 0 Å². The summed E-state index contributed by atoms with van der Waals surface area (Å²) in [6, 6.07) is 10.8. The van der Waals surface area contributed by atoms with Crippen LogP contribution in [0.1, 0.15) is 45.6 Å². The third-order valence-electron chi connectivity index (χ3n) is 2.85. The lowest BCUT2D eigenvalue weighted by Crippen LogP contribution is -2.16. The Morgan fingerprint density at radius 3 is 2.36 bits per heavy atom. The molecule has 0 aromatic heterocycles. The Balaban J connectivity index is 2.56. The van der Waals surface area contributed by atoms with Gasteiger partial charge in [-0.1, -0.05) is 63.9 Å². The van der Waals surface area contributed by atoms with E-state index < -0.39 is 0 Å². The Morgan fingerprint density at radius 2 is 1.79 bits per heavy atom. The van der Waals surface area contributed by atoms with Crippen LogP contribution in [0.25, 0.3) is 0 Å². The van der Waals surface area contributed by atoms with Crippen molar-refractivity contribution in [3.05, 3.63) is 42.3 Å². The van der Waals surface area contributed by atoms with Crippen LogP contribution in [-0.2, 0) is 5.41 Å². The van der Waals surface area contributed by atoms with Crippen LogP contribution < -0.4 is 0 Å². The van der Waals surface area contributed by atoms with Gasteiger partial charge in [0, 0.05) is 0 Å². The van der Waals surface area contributed by atoms with E-state index in [4.69, 9.17) is 0 Å². The molecule has 1 rings (SSSR count). The fourth-order valence-electron chi connectivity index (χ4n) is 1.78. The second-order valence-corrected chi connectivity index (χ2v) is 4.55. The molecule has 0 unspecified atom stereocenters. The quantitative estimate of drug-likeness (QED) is 0.604. The molecule has 0 fully saturated rings. The first kappa shape index (κ1) is 11.3. The van der Waals surface area contributed by atoms with Crippen LogP contribution >= 0.6 is 0 Å². The summed E-state index contributed by atoms with van der Waals surface area (Å²) in [5, 5.41) is 0. The third kappa shape index (κ3) is 3.17. The number of hydrogen-bond acceptors (Lipinski definition) is 0. The highest BCUT2D eigenvalue weighted by atomic mass is 14.2. The van der Waals surface area contributed by atoms with Crippen molar-refractivity contribution in [2.24, 2.45) is 0 Å². The Kier molecular flexibility index (Phi) is 4.19. The zero-order chi connectivity index (χ0) is 10.4. The van der Waals surface area contributed by atoms with Crippen LogP contribution in [0.3, 0.4) is 0 Å². The number of hydrogen-bond donors (Lipinski definition) is 0. The molecule has 0 spiro atoms. The molecule has 0 N–H and O–H groups in total. The molecule has 0 nitrogen and oxygen atoms in total. The minimum absolute atomic E-state index is 0.324. The molecule has 1 aromatic carbocycles. The van der Waals surface area contributed by atoms with Crippen LogP contribution in [0.15, 0.2) is 30.3 Å². The van der Waals surface area contributed by atoms with E-state index >= 15 is 0 Å². The summed E-state index contributed by atoms with van der Waals surface area (Å²) in [5.74, 6) is 0. The lowest BCUT2D eigenvalue weighted by atomic mass is 9.80. The van der Waals surface area contributed by atoms with Gasteiger partial charge >= 0.3 is 0 Å². The summed E-state index contributed by atoms with van der Waals surface area (Å²) in [5.41, 5.74) is 1.78. The van der Waals surface area contributed by atoms with E-state index in [0.717, 1.165) is 0 Å². The maximum Gasteiger partial charge on any atom is -0.0104 e. The van der Waals surface area contributed by atoms with Crippen molar-refractivity contribution in [2.75, 3.05) is 0 Å². The first-order chi connectivity index (χ1) is 6.67. The largest absolute Gasteiger partial charge is 0.0623 e. The van der Waals surface area contributed by atoms with Gasteiger partial charge in [0.2, 0.25) is 0 Å². The van der Waals surface area contributed by atoms with Crippen molar-refractivity contribution in [1.29, 1.82) is 0 Å². The van der Waals surface area contributed by atoms with Crippen LogP contribution in [0.2, 0.25) is 0 Å². The molecule has 0 saturated heterocycles. The minimum Gasteiger partial charge on any atom is -0.0623 e. The molecule has 14 heavy (non-hydrogen) atoms. The van der Waals surface area contributed by atoms with Gasteiger partial charge < -0.3 is 0 Å². The van der Waals surface area contributed by atoms with Gasteiger partial charge in [0.25, 0.3) is 0 Å². The summed E-state index contributed by atoms with van der Waals surface area (Å²) < 4.78 is 0. The summed E-state index contributed by atoms with van der Waals surface area (Å²) in [6.07, 6.45) is 6.04. The highest BCUT2D eigenvalue weighted by molar-refractivity contribution is 5.23. The van der Waals surface area contributed by atoms with E-state index in [1.165, 1.54) is 24.8 Å². The fourth-order valence-corrected chi connectivity index (χ4v) is 1.78. The van der Waals surface area contributed by atoms with Crippen molar-refractivity contribution in [3.63, 3.8) is 0 Å². The maximum atomic E-state index is 2.33. The summed E-state index contributed by atoms with van der Waals surface area (Å²) in [6.45, 7) is 6.80. The Morgan fingerprint density at radius 1 is 1.14 bits per heavy atom. The third-order valence-corrected chi connectivity index (χ3v) is 2.85. The van der Waals surface area contributed by atoms with E-state index in [-0.39, 0.29) is 0 Å². The molecule has 1 radical (unpaired) electrons. The van der Waals surface area contributed by atoms with Crippen molar-refractivity contribution in [2.45, 2.75) is 45.4 Å². The van der Waals surface area contributed by atoms with Gasteiger partial charge in [0.05, 0.1) is 0 Å². The molecular weight excluding hydrogens is 168 g/mol. The molecule has 0 heterocycles. The minimum atomic E-state index is 0.324. The second-order valence-electron chi connectivity index (χ2n) is 4.55.